The quantitative estimate of drug-likeness (QED) is 0.779. The third-order valence-electron chi connectivity index (χ3n) is 3.94. The van der Waals surface area contributed by atoms with Gasteiger partial charge in [0.05, 0.1) is 23.9 Å². The number of rotatable bonds is 4. The molecule has 3 atom stereocenters. The number of aromatic nitrogens is 2. The third-order valence-corrected chi connectivity index (χ3v) is 3.94. The molecule has 116 valence electrons. The van der Waals surface area contributed by atoms with E-state index >= 15 is 0 Å². The van der Waals surface area contributed by atoms with Gasteiger partial charge in [-0.15, -0.1) is 0 Å². The van der Waals surface area contributed by atoms with E-state index in [2.05, 4.69) is 15.7 Å². The molecule has 3 unspecified atom stereocenters. The lowest BCUT2D eigenvalue weighted by Crippen LogP contribution is -2.41. The van der Waals surface area contributed by atoms with E-state index in [-0.39, 0.29) is 18.0 Å². The van der Waals surface area contributed by atoms with Gasteiger partial charge in [0.25, 0.3) is 0 Å². The van der Waals surface area contributed by atoms with Crippen LogP contribution in [-0.2, 0) is 4.79 Å². The zero-order chi connectivity index (χ0) is 15.5. The summed E-state index contributed by atoms with van der Waals surface area (Å²) in [4.78, 5) is 12.1. The standard InChI is InChI=1S/C16H20N4O2/c1-11(19-16(22)15-9-14(21)10-17-15)12-3-5-13(6-4-12)20-8-2-7-18-20/h2-8,11,14-15,17,21H,9-10H2,1H3,(H,19,22). The fourth-order valence-electron chi connectivity index (χ4n) is 2.65. The first-order valence-corrected chi connectivity index (χ1v) is 7.45. The molecule has 0 radical (unpaired) electrons. The number of aliphatic hydroxyl groups excluding tert-OH is 1. The summed E-state index contributed by atoms with van der Waals surface area (Å²) in [5.74, 6) is -0.0693. The molecule has 6 nitrogen and oxygen atoms in total. The van der Waals surface area contributed by atoms with Crippen molar-refractivity contribution >= 4 is 5.91 Å². The Morgan fingerprint density at radius 1 is 1.45 bits per heavy atom. The predicted molar refractivity (Wildman–Crippen MR) is 82.5 cm³/mol. The molecule has 3 N–H and O–H groups in total. The van der Waals surface area contributed by atoms with E-state index in [1.807, 2.05) is 43.5 Å². The highest BCUT2D eigenvalue weighted by atomic mass is 16.3. The number of nitrogens with zero attached hydrogens (tertiary/aromatic N) is 2. The van der Waals surface area contributed by atoms with Gasteiger partial charge < -0.3 is 15.7 Å². The smallest absolute Gasteiger partial charge is 0.237 e. The highest BCUT2D eigenvalue weighted by Crippen LogP contribution is 2.16. The summed E-state index contributed by atoms with van der Waals surface area (Å²) < 4.78 is 1.79. The lowest BCUT2D eigenvalue weighted by Gasteiger charge is -2.18. The lowest BCUT2D eigenvalue weighted by molar-refractivity contribution is -0.123. The molecule has 1 amide bonds. The molecule has 22 heavy (non-hydrogen) atoms. The maximum Gasteiger partial charge on any atom is 0.237 e. The lowest BCUT2D eigenvalue weighted by atomic mass is 10.1. The predicted octanol–water partition coefficient (Wildman–Crippen LogP) is 0.772. The Hall–Kier alpha value is -2.18. The van der Waals surface area contributed by atoms with Crippen LogP contribution in [0.15, 0.2) is 42.7 Å². The second-order valence-corrected chi connectivity index (χ2v) is 5.62. The maximum absolute atomic E-state index is 12.1. The van der Waals surface area contributed by atoms with Gasteiger partial charge in [-0.2, -0.15) is 5.10 Å². The van der Waals surface area contributed by atoms with Crippen molar-refractivity contribution in [1.29, 1.82) is 0 Å². The number of amides is 1. The highest BCUT2D eigenvalue weighted by Gasteiger charge is 2.28. The molecule has 2 aromatic rings. The van der Waals surface area contributed by atoms with E-state index in [4.69, 9.17) is 0 Å². The van der Waals surface area contributed by atoms with Crippen LogP contribution in [-0.4, -0.2) is 39.5 Å². The maximum atomic E-state index is 12.1. The summed E-state index contributed by atoms with van der Waals surface area (Å²) in [5, 5.41) is 19.6. The number of hydrogen-bond donors (Lipinski definition) is 3. The van der Waals surface area contributed by atoms with E-state index in [0.717, 1.165) is 11.3 Å². The molecule has 0 saturated carbocycles. The van der Waals surface area contributed by atoms with Gasteiger partial charge in [0, 0.05) is 18.9 Å². The van der Waals surface area contributed by atoms with Gasteiger partial charge in [0.2, 0.25) is 5.91 Å². The van der Waals surface area contributed by atoms with Crippen LogP contribution in [0.25, 0.3) is 5.69 Å². The first-order valence-electron chi connectivity index (χ1n) is 7.45. The summed E-state index contributed by atoms with van der Waals surface area (Å²) in [6, 6.07) is 9.40. The van der Waals surface area contributed by atoms with Crippen molar-refractivity contribution < 1.29 is 9.90 Å². The van der Waals surface area contributed by atoms with Gasteiger partial charge in [-0.1, -0.05) is 12.1 Å². The van der Waals surface area contributed by atoms with Crippen molar-refractivity contribution in [2.75, 3.05) is 6.54 Å². The Kier molecular flexibility index (Phi) is 4.22. The van der Waals surface area contributed by atoms with E-state index in [1.54, 1.807) is 10.9 Å². The average Bonchev–Trinajstić information content (AvgIpc) is 3.18. The first kappa shape index (κ1) is 14.7. The number of benzene rings is 1. The Morgan fingerprint density at radius 2 is 2.23 bits per heavy atom. The summed E-state index contributed by atoms with van der Waals surface area (Å²) in [6.45, 7) is 2.43. The molecular formula is C16H20N4O2. The zero-order valence-electron chi connectivity index (χ0n) is 12.4. The van der Waals surface area contributed by atoms with Crippen LogP contribution in [0.5, 0.6) is 0 Å². The number of β-amino-alcohol motifs (C(OH)–C–C–N with tert-alkyl or cyclic N) is 1. The Bertz CT molecular complexity index is 624. The topological polar surface area (TPSA) is 79.2 Å². The summed E-state index contributed by atoms with van der Waals surface area (Å²) >= 11 is 0. The van der Waals surface area contributed by atoms with Crippen LogP contribution in [0.2, 0.25) is 0 Å². The zero-order valence-corrected chi connectivity index (χ0v) is 12.4. The number of carbonyl (C=O) groups is 1. The van der Waals surface area contributed by atoms with Gasteiger partial charge in [-0.3, -0.25) is 4.79 Å². The highest BCUT2D eigenvalue weighted by molar-refractivity contribution is 5.82. The van der Waals surface area contributed by atoms with Crippen molar-refractivity contribution in [2.24, 2.45) is 0 Å². The van der Waals surface area contributed by atoms with Crippen LogP contribution < -0.4 is 10.6 Å². The summed E-state index contributed by atoms with van der Waals surface area (Å²) in [7, 11) is 0. The van der Waals surface area contributed by atoms with Crippen molar-refractivity contribution in [3.8, 4) is 5.69 Å². The molecule has 1 saturated heterocycles. The van der Waals surface area contributed by atoms with Crippen molar-refractivity contribution in [2.45, 2.75) is 31.5 Å². The molecule has 1 fully saturated rings. The molecule has 3 rings (SSSR count). The van der Waals surface area contributed by atoms with Gasteiger partial charge in [0.1, 0.15) is 0 Å². The fraction of sp³-hybridized carbons (Fsp3) is 0.375. The first-order chi connectivity index (χ1) is 10.6. The Balaban J connectivity index is 1.62. The SMILES string of the molecule is CC(NC(=O)C1CC(O)CN1)c1ccc(-n2cccn2)cc1. The molecule has 0 bridgehead atoms. The normalized spacial score (nSPS) is 22.5. The van der Waals surface area contributed by atoms with E-state index in [1.165, 1.54) is 0 Å². The minimum atomic E-state index is -0.431. The van der Waals surface area contributed by atoms with Crippen LogP contribution in [0.3, 0.4) is 0 Å². The van der Waals surface area contributed by atoms with Crippen molar-refractivity contribution in [3.63, 3.8) is 0 Å². The second kappa shape index (κ2) is 6.29. The van der Waals surface area contributed by atoms with E-state index in [0.29, 0.717) is 13.0 Å². The van der Waals surface area contributed by atoms with E-state index in [9.17, 15) is 9.90 Å². The molecule has 2 heterocycles. The van der Waals surface area contributed by atoms with Crippen molar-refractivity contribution in [3.05, 3.63) is 48.3 Å². The monoisotopic (exact) mass is 300 g/mol. The van der Waals surface area contributed by atoms with Gasteiger partial charge in [-0.05, 0) is 37.1 Å². The van der Waals surface area contributed by atoms with Crippen LogP contribution in [0.1, 0.15) is 24.9 Å². The number of carbonyl (C=O) groups excluding carboxylic acids is 1. The molecule has 0 spiro atoms. The van der Waals surface area contributed by atoms with Crippen LogP contribution >= 0.6 is 0 Å². The summed E-state index contributed by atoms with van der Waals surface area (Å²) in [6.07, 6.45) is 3.66. The molecule has 0 aliphatic carbocycles. The van der Waals surface area contributed by atoms with Gasteiger partial charge in [0.15, 0.2) is 0 Å². The molecular weight excluding hydrogens is 280 g/mol. The van der Waals surface area contributed by atoms with Crippen LogP contribution in [0.4, 0.5) is 0 Å². The molecule has 6 heteroatoms. The Labute approximate surface area is 129 Å². The number of aliphatic hydroxyl groups is 1. The average molecular weight is 300 g/mol. The Morgan fingerprint density at radius 3 is 2.82 bits per heavy atom. The van der Waals surface area contributed by atoms with Gasteiger partial charge >= 0.3 is 0 Å². The van der Waals surface area contributed by atoms with E-state index < -0.39 is 6.10 Å². The summed E-state index contributed by atoms with van der Waals surface area (Å²) in [5.41, 5.74) is 2.01. The largest absolute Gasteiger partial charge is 0.392 e. The molecule has 1 aromatic carbocycles. The minimum Gasteiger partial charge on any atom is -0.392 e. The fourth-order valence-corrected chi connectivity index (χ4v) is 2.65. The molecule has 1 aromatic heterocycles. The third kappa shape index (κ3) is 3.18. The van der Waals surface area contributed by atoms with Crippen LogP contribution in [0, 0.1) is 0 Å². The minimum absolute atomic E-state index is 0.0693. The number of nitrogens with one attached hydrogen (secondary N) is 2. The number of hydrogen-bond acceptors (Lipinski definition) is 4. The molecule has 1 aliphatic heterocycles. The van der Waals surface area contributed by atoms with Crippen molar-refractivity contribution in [1.82, 2.24) is 20.4 Å². The molecule has 1 aliphatic rings. The second-order valence-electron chi connectivity index (χ2n) is 5.62. The van der Waals surface area contributed by atoms with Gasteiger partial charge in [-0.25, -0.2) is 4.68 Å².